The van der Waals surface area contributed by atoms with Gasteiger partial charge in [0.25, 0.3) is 0 Å². The zero-order chi connectivity index (χ0) is 8.81. The van der Waals surface area contributed by atoms with Gasteiger partial charge < -0.3 is 4.55 Å². The van der Waals surface area contributed by atoms with Gasteiger partial charge in [0.05, 0.1) is 0 Å². The predicted molar refractivity (Wildman–Crippen MR) is 51.0 cm³/mol. The van der Waals surface area contributed by atoms with E-state index in [-0.39, 0.29) is 24.6 Å². The molecule has 5 heteroatoms. The molecular formula is C8H9LiO2S2. The van der Waals surface area contributed by atoms with Gasteiger partial charge in [0.15, 0.2) is 0 Å². The minimum absolute atomic E-state index is 0. The van der Waals surface area contributed by atoms with Crippen LogP contribution in [0.4, 0.5) is 0 Å². The summed E-state index contributed by atoms with van der Waals surface area (Å²) in [5.41, 5.74) is 0. The molecule has 1 unspecified atom stereocenters. The molecule has 66 valence electrons. The first-order valence-electron chi connectivity index (χ1n) is 3.53. The smallest absolute Gasteiger partial charge is 0.772 e. The third kappa shape index (κ3) is 6.36. The summed E-state index contributed by atoms with van der Waals surface area (Å²) in [6.07, 6.45) is 0. The Morgan fingerprint density at radius 2 is 1.92 bits per heavy atom. The van der Waals surface area contributed by atoms with Crippen molar-refractivity contribution in [1.29, 1.82) is 0 Å². The van der Waals surface area contributed by atoms with Crippen molar-refractivity contribution in [2.45, 2.75) is 4.90 Å². The van der Waals surface area contributed by atoms with E-state index >= 15 is 0 Å². The van der Waals surface area contributed by atoms with Crippen LogP contribution in [-0.2, 0) is 11.1 Å². The van der Waals surface area contributed by atoms with Crippen LogP contribution < -0.4 is 18.9 Å². The molecule has 0 amide bonds. The number of rotatable bonds is 4. The van der Waals surface area contributed by atoms with Gasteiger partial charge in [0.1, 0.15) is 0 Å². The van der Waals surface area contributed by atoms with E-state index in [2.05, 4.69) is 0 Å². The van der Waals surface area contributed by atoms with Gasteiger partial charge in [0.2, 0.25) is 0 Å². The Kier molecular flexibility index (Phi) is 7.82. The summed E-state index contributed by atoms with van der Waals surface area (Å²) in [6, 6.07) is 9.76. The van der Waals surface area contributed by atoms with Crippen LogP contribution in [-0.4, -0.2) is 20.3 Å². The van der Waals surface area contributed by atoms with Crippen molar-refractivity contribution in [3.63, 3.8) is 0 Å². The predicted octanol–water partition coefficient (Wildman–Crippen LogP) is -1.34. The second-order valence-corrected chi connectivity index (χ2v) is 4.35. The van der Waals surface area contributed by atoms with Gasteiger partial charge in [-0.1, -0.05) is 29.3 Å². The van der Waals surface area contributed by atoms with Gasteiger partial charge in [-0.05, 0) is 12.1 Å². The summed E-state index contributed by atoms with van der Waals surface area (Å²) in [5.74, 6) is 0.847. The van der Waals surface area contributed by atoms with Crippen molar-refractivity contribution < 1.29 is 27.6 Å². The number of thioether (sulfide) groups is 1. The Morgan fingerprint density at radius 1 is 1.31 bits per heavy atom. The molecule has 1 atom stereocenters. The van der Waals surface area contributed by atoms with Crippen molar-refractivity contribution in [2.75, 3.05) is 11.5 Å². The van der Waals surface area contributed by atoms with E-state index in [1.807, 2.05) is 30.3 Å². The third-order valence-corrected chi connectivity index (χ3v) is 3.07. The van der Waals surface area contributed by atoms with E-state index in [1.165, 1.54) is 0 Å². The summed E-state index contributed by atoms with van der Waals surface area (Å²) in [5, 5.41) is 0. The molecule has 1 aromatic carbocycles. The molecule has 0 bridgehead atoms. The zero-order valence-electron chi connectivity index (χ0n) is 7.43. The molecule has 0 aromatic heterocycles. The van der Waals surface area contributed by atoms with E-state index in [0.717, 1.165) is 4.90 Å². The first-order valence-corrected chi connectivity index (χ1v) is 5.76. The van der Waals surface area contributed by atoms with Crippen LogP contribution in [0.15, 0.2) is 35.2 Å². The van der Waals surface area contributed by atoms with Crippen LogP contribution in [0.3, 0.4) is 0 Å². The van der Waals surface area contributed by atoms with Crippen molar-refractivity contribution in [2.24, 2.45) is 0 Å². The normalized spacial score (nSPS) is 11.8. The maximum absolute atomic E-state index is 10.2. The van der Waals surface area contributed by atoms with Gasteiger partial charge in [-0.25, -0.2) is 0 Å². The SMILES string of the molecule is O=S([O-])CCSc1ccccc1.[Li+]. The molecule has 0 fully saturated rings. The Bertz CT molecular complexity index is 254. The quantitative estimate of drug-likeness (QED) is 0.349. The standard InChI is InChI=1S/C8H10O2S2.Li/c9-12(10)7-6-11-8-4-2-1-3-5-8;/h1-5H,6-7H2,(H,9,10);/q;+1/p-1. The molecule has 0 aliphatic carbocycles. The number of benzene rings is 1. The molecule has 1 aromatic rings. The number of hydrogen-bond donors (Lipinski definition) is 0. The van der Waals surface area contributed by atoms with Crippen molar-refractivity contribution in [3.05, 3.63) is 30.3 Å². The van der Waals surface area contributed by atoms with Gasteiger partial charge in [0, 0.05) is 16.4 Å². The molecule has 0 saturated carbocycles. The fourth-order valence-electron chi connectivity index (χ4n) is 0.744. The van der Waals surface area contributed by atoms with Crippen molar-refractivity contribution >= 4 is 22.8 Å². The van der Waals surface area contributed by atoms with Crippen LogP contribution in [0.5, 0.6) is 0 Å². The summed E-state index contributed by atoms with van der Waals surface area (Å²) >= 11 is -0.354. The monoisotopic (exact) mass is 208 g/mol. The summed E-state index contributed by atoms with van der Waals surface area (Å²) in [7, 11) is 0. The van der Waals surface area contributed by atoms with Crippen LogP contribution in [0.25, 0.3) is 0 Å². The average molecular weight is 208 g/mol. The molecule has 0 saturated heterocycles. The first-order chi connectivity index (χ1) is 5.79. The molecule has 0 spiro atoms. The molecular weight excluding hydrogens is 199 g/mol. The number of hydrogen-bond acceptors (Lipinski definition) is 3. The summed E-state index contributed by atoms with van der Waals surface area (Å²) in [6.45, 7) is 0. The van der Waals surface area contributed by atoms with E-state index in [1.54, 1.807) is 11.8 Å². The van der Waals surface area contributed by atoms with Crippen molar-refractivity contribution in [3.8, 4) is 0 Å². The van der Waals surface area contributed by atoms with Crippen LogP contribution in [0, 0.1) is 0 Å². The van der Waals surface area contributed by atoms with E-state index in [9.17, 15) is 8.76 Å². The molecule has 0 aliphatic rings. The van der Waals surface area contributed by atoms with Gasteiger partial charge >= 0.3 is 18.9 Å². The Balaban J connectivity index is 0.00000144. The topological polar surface area (TPSA) is 40.1 Å². The molecule has 1 rings (SSSR count). The van der Waals surface area contributed by atoms with Gasteiger partial charge in [-0.3, -0.25) is 4.21 Å². The van der Waals surface area contributed by atoms with Crippen LogP contribution >= 0.6 is 11.8 Å². The Morgan fingerprint density at radius 3 is 2.46 bits per heavy atom. The first kappa shape index (κ1) is 13.3. The van der Waals surface area contributed by atoms with E-state index in [0.29, 0.717) is 5.75 Å². The maximum atomic E-state index is 10.2. The summed E-state index contributed by atoms with van der Waals surface area (Å²) in [4.78, 5) is 1.11. The second kappa shape index (κ2) is 7.66. The van der Waals surface area contributed by atoms with Crippen molar-refractivity contribution in [1.82, 2.24) is 0 Å². The average Bonchev–Trinajstić information content (AvgIpc) is 2.05. The van der Waals surface area contributed by atoms with E-state index in [4.69, 9.17) is 0 Å². The zero-order valence-corrected chi connectivity index (χ0v) is 9.07. The fourth-order valence-corrected chi connectivity index (χ4v) is 2.21. The minimum atomic E-state index is -1.91. The molecule has 0 heterocycles. The van der Waals surface area contributed by atoms with Gasteiger partial charge in [-0.2, -0.15) is 0 Å². The maximum Gasteiger partial charge on any atom is 1.00 e. The Labute approximate surface area is 97.0 Å². The summed E-state index contributed by atoms with van der Waals surface area (Å²) < 4.78 is 20.4. The fraction of sp³-hybridized carbons (Fsp3) is 0.250. The molecule has 13 heavy (non-hydrogen) atoms. The molecule has 0 N–H and O–H groups in total. The van der Waals surface area contributed by atoms with Crippen LogP contribution in [0.2, 0.25) is 0 Å². The largest absolute Gasteiger partial charge is 1.00 e. The minimum Gasteiger partial charge on any atom is -0.772 e. The molecule has 0 aliphatic heterocycles. The second-order valence-electron chi connectivity index (χ2n) is 2.17. The third-order valence-electron chi connectivity index (χ3n) is 1.26. The molecule has 2 nitrogen and oxygen atoms in total. The molecule has 0 radical (unpaired) electrons. The Hall–Kier alpha value is 0.277. The van der Waals surface area contributed by atoms with Gasteiger partial charge in [-0.15, -0.1) is 11.8 Å². The van der Waals surface area contributed by atoms with E-state index < -0.39 is 11.1 Å². The van der Waals surface area contributed by atoms with Crippen LogP contribution in [0.1, 0.15) is 0 Å².